The van der Waals surface area contributed by atoms with Gasteiger partial charge in [-0.3, -0.25) is 14.9 Å². The van der Waals surface area contributed by atoms with Crippen LogP contribution in [0.2, 0.25) is 5.02 Å². The highest BCUT2D eigenvalue weighted by Crippen LogP contribution is 2.42. The smallest absolute Gasteiger partial charge is 0.292 e. The van der Waals surface area contributed by atoms with Gasteiger partial charge in [-0.1, -0.05) is 66.2 Å². The number of fused-ring (bicyclic) bond motifs is 1. The number of amides is 1. The van der Waals surface area contributed by atoms with Crippen molar-refractivity contribution >= 4 is 56.1 Å². The Kier molecular flexibility index (Phi) is 5.90. The van der Waals surface area contributed by atoms with Crippen molar-refractivity contribution in [2.75, 3.05) is 11.1 Å². The van der Waals surface area contributed by atoms with E-state index < -0.39 is 10.8 Å². The number of hydrogen-bond donors (Lipinski definition) is 2. The van der Waals surface area contributed by atoms with Gasteiger partial charge in [0.05, 0.1) is 16.3 Å². The quantitative estimate of drug-likeness (QED) is 0.199. The molecule has 0 aliphatic rings. The van der Waals surface area contributed by atoms with Crippen LogP contribution in [-0.4, -0.2) is 15.8 Å². The van der Waals surface area contributed by atoms with Crippen LogP contribution in [0.3, 0.4) is 0 Å². The van der Waals surface area contributed by atoms with Crippen molar-refractivity contribution in [3.05, 3.63) is 105 Å². The Morgan fingerprint density at radius 3 is 2.37 bits per heavy atom. The number of thiophene rings is 1. The van der Waals surface area contributed by atoms with E-state index in [0.717, 1.165) is 33.7 Å². The minimum absolute atomic E-state index is 0.0928. The molecular formula is C26H17ClN4O3S. The maximum Gasteiger partial charge on any atom is 0.292 e. The molecule has 0 saturated heterocycles. The fourth-order valence-corrected chi connectivity index (χ4v) is 4.96. The zero-order valence-electron chi connectivity index (χ0n) is 18.1. The predicted octanol–water partition coefficient (Wildman–Crippen LogP) is 7.03. The Morgan fingerprint density at radius 2 is 1.66 bits per heavy atom. The number of carbonyl (C=O) groups excluding carboxylic acids is 1. The second-order valence-electron chi connectivity index (χ2n) is 7.68. The molecule has 0 saturated carbocycles. The molecular weight excluding hydrogens is 484 g/mol. The van der Waals surface area contributed by atoms with Crippen molar-refractivity contribution in [3.63, 3.8) is 0 Å². The first-order valence-corrected chi connectivity index (χ1v) is 11.7. The first-order valence-electron chi connectivity index (χ1n) is 10.5. The van der Waals surface area contributed by atoms with Crippen LogP contribution in [-0.2, 0) is 0 Å². The van der Waals surface area contributed by atoms with Gasteiger partial charge in [-0.25, -0.2) is 4.98 Å². The molecule has 1 amide bonds. The summed E-state index contributed by atoms with van der Waals surface area (Å²) in [6.45, 7) is 0. The molecule has 0 atom stereocenters. The van der Waals surface area contributed by atoms with Gasteiger partial charge in [-0.2, -0.15) is 0 Å². The summed E-state index contributed by atoms with van der Waals surface area (Å²) in [5.41, 5.74) is 9.98. The molecule has 9 heteroatoms. The first kappa shape index (κ1) is 22.5. The van der Waals surface area contributed by atoms with Crippen molar-refractivity contribution in [1.29, 1.82) is 0 Å². The Morgan fingerprint density at radius 1 is 0.971 bits per heavy atom. The fourth-order valence-electron chi connectivity index (χ4n) is 3.82. The number of nitrogen functional groups attached to an aromatic ring is 1. The number of rotatable bonds is 5. The van der Waals surface area contributed by atoms with E-state index in [1.54, 1.807) is 18.2 Å². The van der Waals surface area contributed by atoms with Crippen molar-refractivity contribution in [3.8, 4) is 22.4 Å². The number of para-hydroxylation sites is 2. The number of nitro groups is 1. The van der Waals surface area contributed by atoms with E-state index in [9.17, 15) is 14.9 Å². The molecule has 0 bridgehead atoms. The van der Waals surface area contributed by atoms with Gasteiger partial charge >= 0.3 is 0 Å². The molecule has 0 spiro atoms. The molecule has 2 heterocycles. The van der Waals surface area contributed by atoms with Crippen molar-refractivity contribution < 1.29 is 9.72 Å². The summed E-state index contributed by atoms with van der Waals surface area (Å²) < 4.78 is 0. The largest absolute Gasteiger partial charge is 0.397 e. The summed E-state index contributed by atoms with van der Waals surface area (Å²) in [7, 11) is 0. The Balaban J connectivity index is 1.66. The summed E-state index contributed by atoms with van der Waals surface area (Å²) in [5, 5.41) is 15.2. The molecule has 3 N–H and O–H groups in total. The number of benzene rings is 3. The molecule has 0 aliphatic heterocycles. The number of anilines is 2. The average molecular weight is 501 g/mol. The number of hydrogen-bond acceptors (Lipinski definition) is 6. The molecule has 0 fully saturated rings. The SMILES string of the molecule is Nc1c(C(=O)Nc2ccccc2[N+](=O)[O-])sc2nc(-c3ccccc3)cc(-c3ccc(Cl)cc3)c12. The number of nitrogens with two attached hydrogens (primary N) is 1. The van der Waals surface area contributed by atoms with Crippen LogP contribution in [0.1, 0.15) is 9.67 Å². The van der Waals surface area contributed by atoms with E-state index in [-0.39, 0.29) is 21.9 Å². The second-order valence-corrected chi connectivity index (χ2v) is 9.12. The van der Waals surface area contributed by atoms with Crippen LogP contribution in [0.4, 0.5) is 17.1 Å². The van der Waals surface area contributed by atoms with Crippen molar-refractivity contribution in [1.82, 2.24) is 4.98 Å². The Hall–Kier alpha value is -4.27. The van der Waals surface area contributed by atoms with Crippen LogP contribution in [0.25, 0.3) is 32.6 Å². The molecule has 0 unspecified atom stereocenters. The fraction of sp³-hybridized carbons (Fsp3) is 0. The normalized spacial score (nSPS) is 10.9. The lowest BCUT2D eigenvalue weighted by Crippen LogP contribution is -2.13. The van der Waals surface area contributed by atoms with E-state index in [4.69, 9.17) is 22.3 Å². The molecule has 5 aromatic rings. The first-order chi connectivity index (χ1) is 16.9. The van der Waals surface area contributed by atoms with Gasteiger partial charge < -0.3 is 11.1 Å². The van der Waals surface area contributed by atoms with Crippen LogP contribution >= 0.6 is 22.9 Å². The van der Waals surface area contributed by atoms with E-state index in [2.05, 4.69) is 5.32 Å². The summed E-state index contributed by atoms with van der Waals surface area (Å²) >= 11 is 7.24. The monoisotopic (exact) mass is 500 g/mol. The third-order valence-electron chi connectivity index (χ3n) is 5.48. The summed E-state index contributed by atoms with van der Waals surface area (Å²) in [6, 6.07) is 24.9. The molecule has 3 aromatic carbocycles. The number of halogens is 1. The molecule has 2 aromatic heterocycles. The van der Waals surface area contributed by atoms with E-state index in [0.29, 0.717) is 15.2 Å². The van der Waals surface area contributed by atoms with Crippen LogP contribution in [0, 0.1) is 10.1 Å². The Bertz CT molecular complexity index is 1580. The van der Waals surface area contributed by atoms with Crippen LogP contribution in [0.5, 0.6) is 0 Å². The third-order valence-corrected chi connectivity index (χ3v) is 6.83. The van der Waals surface area contributed by atoms with Crippen LogP contribution in [0.15, 0.2) is 84.9 Å². The minimum atomic E-state index is -0.545. The molecule has 7 nitrogen and oxygen atoms in total. The van der Waals surface area contributed by atoms with Gasteiger partial charge in [-0.05, 0) is 35.4 Å². The lowest BCUT2D eigenvalue weighted by molar-refractivity contribution is -0.383. The van der Waals surface area contributed by atoms with Gasteiger partial charge in [0.1, 0.15) is 15.4 Å². The summed E-state index contributed by atoms with van der Waals surface area (Å²) in [4.78, 5) is 29.6. The lowest BCUT2D eigenvalue weighted by Gasteiger charge is -2.09. The van der Waals surface area contributed by atoms with Crippen molar-refractivity contribution in [2.24, 2.45) is 0 Å². The van der Waals surface area contributed by atoms with E-state index in [1.807, 2.05) is 48.5 Å². The highest BCUT2D eigenvalue weighted by Gasteiger charge is 2.23. The third kappa shape index (κ3) is 4.32. The van der Waals surface area contributed by atoms with Gasteiger partial charge in [0.15, 0.2) is 0 Å². The molecule has 35 heavy (non-hydrogen) atoms. The summed E-state index contributed by atoms with van der Waals surface area (Å²) in [6.07, 6.45) is 0. The number of aromatic nitrogens is 1. The Labute approximate surface area is 209 Å². The number of nitrogens with zero attached hydrogens (tertiary/aromatic N) is 2. The molecule has 5 rings (SSSR count). The maximum atomic E-state index is 13.2. The van der Waals surface area contributed by atoms with Gasteiger partial charge in [-0.15, -0.1) is 11.3 Å². The summed E-state index contributed by atoms with van der Waals surface area (Å²) in [5.74, 6) is -0.539. The second kappa shape index (κ2) is 9.17. The van der Waals surface area contributed by atoms with Gasteiger partial charge in [0.2, 0.25) is 0 Å². The lowest BCUT2D eigenvalue weighted by atomic mass is 9.99. The molecule has 0 radical (unpaired) electrons. The maximum absolute atomic E-state index is 13.2. The number of nitrogens with one attached hydrogen (secondary N) is 1. The van der Waals surface area contributed by atoms with Crippen molar-refractivity contribution in [2.45, 2.75) is 0 Å². The minimum Gasteiger partial charge on any atom is -0.397 e. The zero-order chi connectivity index (χ0) is 24.5. The molecule has 0 aliphatic carbocycles. The number of carbonyl (C=O) groups is 1. The predicted molar refractivity (Wildman–Crippen MR) is 141 cm³/mol. The highest BCUT2D eigenvalue weighted by molar-refractivity contribution is 7.21. The number of nitro benzene ring substituents is 1. The topological polar surface area (TPSA) is 111 Å². The average Bonchev–Trinajstić information content (AvgIpc) is 3.21. The zero-order valence-corrected chi connectivity index (χ0v) is 19.6. The standard InChI is InChI=1S/C26H17ClN4O3S/c27-17-12-10-15(11-13-17)18-14-20(16-6-2-1-3-7-16)30-26-22(18)23(28)24(35-26)25(32)29-19-8-4-5-9-21(19)31(33)34/h1-14H,28H2,(H,29,32). The highest BCUT2D eigenvalue weighted by atomic mass is 35.5. The van der Waals surface area contributed by atoms with E-state index >= 15 is 0 Å². The van der Waals surface area contributed by atoms with E-state index in [1.165, 1.54) is 18.2 Å². The van der Waals surface area contributed by atoms with Crippen LogP contribution < -0.4 is 11.1 Å². The number of pyridine rings is 1. The van der Waals surface area contributed by atoms with Gasteiger partial charge in [0, 0.05) is 22.0 Å². The van der Waals surface area contributed by atoms with Gasteiger partial charge in [0.25, 0.3) is 11.6 Å². The molecule has 172 valence electrons.